The fourth-order valence-corrected chi connectivity index (χ4v) is 2.36. The van der Waals surface area contributed by atoms with Crippen molar-refractivity contribution in [1.29, 1.82) is 0 Å². The third kappa shape index (κ3) is 3.08. The monoisotopic (exact) mass is 314 g/mol. The van der Waals surface area contributed by atoms with Gasteiger partial charge in [-0.1, -0.05) is 29.8 Å². The topological polar surface area (TPSA) is 103 Å². The van der Waals surface area contributed by atoms with Crippen LogP contribution in [-0.4, -0.2) is 15.0 Å². The highest BCUT2D eigenvalue weighted by atomic mass is 35.5. The van der Waals surface area contributed by atoms with Crippen molar-refractivity contribution in [2.24, 2.45) is 0 Å². The maximum absolute atomic E-state index is 6.12. The first-order chi connectivity index (χ1) is 10.6. The lowest BCUT2D eigenvalue weighted by atomic mass is 10.2. The Kier molecular flexibility index (Phi) is 4.04. The maximum Gasteiger partial charge on any atom is 0.222 e. The van der Waals surface area contributed by atoms with E-state index in [1.54, 1.807) is 0 Å². The minimum atomic E-state index is 0.149. The predicted octanol–water partition coefficient (Wildman–Crippen LogP) is 2.13. The Morgan fingerprint density at radius 2 is 1.77 bits per heavy atom. The molecule has 0 spiro atoms. The van der Waals surface area contributed by atoms with Crippen molar-refractivity contribution in [3.8, 4) is 0 Å². The number of nitrogens with two attached hydrogens (primary N) is 2. The standard InChI is InChI=1S/C15H15ClN6/c16-11-4-2-1-3-9(11)7-19-8-10-5-6-12-13(20-10)14(17)22-15(18)21-12/h1-6,19H,7-8H2,(H4,17,18,21,22). The molecule has 7 heteroatoms. The quantitative estimate of drug-likeness (QED) is 0.681. The van der Waals surface area contributed by atoms with Crippen LogP contribution >= 0.6 is 11.6 Å². The van der Waals surface area contributed by atoms with Crippen LogP contribution in [0.3, 0.4) is 0 Å². The summed E-state index contributed by atoms with van der Waals surface area (Å²) in [5.74, 6) is 0.437. The average Bonchev–Trinajstić information content (AvgIpc) is 2.49. The maximum atomic E-state index is 6.12. The van der Waals surface area contributed by atoms with Crippen LogP contribution in [0.2, 0.25) is 5.02 Å². The molecule has 2 heterocycles. The zero-order chi connectivity index (χ0) is 15.5. The van der Waals surface area contributed by atoms with Gasteiger partial charge in [-0.25, -0.2) is 9.97 Å². The van der Waals surface area contributed by atoms with Crippen LogP contribution in [0.5, 0.6) is 0 Å². The van der Waals surface area contributed by atoms with E-state index in [-0.39, 0.29) is 11.8 Å². The molecule has 5 N–H and O–H groups in total. The third-order valence-corrected chi connectivity index (χ3v) is 3.59. The van der Waals surface area contributed by atoms with E-state index in [0.717, 1.165) is 16.3 Å². The molecule has 0 aliphatic carbocycles. The summed E-state index contributed by atoms with van der Waals surface area (Å²) in [5, 5.41) is 4.05. The van der Waals surface area contributed by atoms with Crippen molar-refractivity contribution in [2.75, 3.05) is 11.5 Å². The Balaban J connectivity index is 1.73. The number of benzene rings is 1. The van der Waals surface area contributed by atoms with Gasteiger partial charge in [0.25, 0.3) is 0 Å². The van der Waals surface area contributed by atoms with Gasteiger partial charge in [-0.2, -0.15) is 4.98 Å². The predicted molar refractivity (Wildman–Crippen MR) is 88.2 cm³/mol. The Bertz CT molecular complexity index is 820. The number of hydrogen-bond acceptors (Lipinski definition) is 6. The van der Waals surface area contributed by atoms with Gasteiger partial charge in [-0.05, 0) is 23.8 Å². The number of rotatable bonds is 4. The lowest BCUT2D eigenvalue weighted by molar-refractivity contribution is 0.682. The van der Waals surface area contributed by atoms with Crippen LogP contribution in [0.1, 0.15) is 11.3 Å². The number of halogens is 1. The molecule has 0 fully saturated rings. The number of nitrogens with zero attached hydrogens (tertiary/aromatic N) is 3. The molecule has 3 rings (SSSR count). The summed E-state index contributed by atoms with van der Waals surface area (Å²) in [7, 11) is 0. The van der Waals surface area contributed by atoms with E-state index in [1.807, 2.05) is 36.4 Å². The van der Waals surface area contributed by atoms with Gasteiger partial charge in [-0.15, -0.1) is 0 Å². The zero-order valence-corrected chi connectivity index (χ0v) is 12.5. The first-order valence-corrected chi connectivity index (χ1v) is 7.14. The minimum Gasteiger partial charge on any atom is -0.382 e. The minimum absolute atomic E-state index is 0.149. The number of fused-ring (bicyclic) bond motifs is 1. The van der Waals surface area contributed by atoms with Crippen LogP contribution in [0.4, 0.5) is 11.8 Å². The first-order valence-electron chi connectivity index (χ1n) is 6.76. The number of pyridine rings is 1. The van der Waals surface area contributed by atoms with E-state index in [9.17, 15) is 0 Å². The second-order valence-electron chi connectivity index (χ2n) is 4.83. The summed E-state index contributed by atoms with van der Waals surface area (Å²) in [6.07, 6.45) is 0. The largest absolute Gasteiger partial charge is 0.382 e. The summed E-state index contributed by atoms with van der Waals surface area (Å²) in [6.45, 7) is 1.25. The Labute approximate surface area is 132 Å². The van der Waals surface area contributed by atoms with Gasteiger partial charge in [0.1, 0.15) is 5.52 Å². The fourth-order valence-electron chi connectivity index (χ4n) is 2.16. The number of anilines is 2. The lowest BCUT2D eigenvalue weighted by Gasteiger charge is -2.08. The molecule has 1 aromatic carbocycles. The molecule has 0 unspecified atom stereocenters. The molecule has 0 saturated carbocycles. The van der Waals surface area contributed by atoms with Crippen molar-refractivity contribution in [3.05, 3.63) is 52.7 Å². The van der Waals surface area contributed by atoms with Gasteiger partial charge in [0, 0.05) is 18.1 Å². The van der Waals surface area contributed by atoms with Gasteiger partial charge < -0.3 is 16.8 Å². The molecule has 0 bridgehead atoms. The van der Waals surface area contributed by atoms with E-state index in [1.165, 1.54) is 0 Å². The van der Waals surface area contributed by atoms with Crippen molar-refractivity contribution < 1.29 is 0 Å². The number of nitrogen functional groups attached to an aromatic ring is 2. The van der Waals surface area contributed by atoms with Crippen LogP contribution in [0, 0.1) is 0 Å². The van der Waals surface area contributed by atoms with Crippen LogP contribution in [0.25, 0.3) is 11.0 Å². The van der Waals surface area contributed by atoms with Crippen molar-refractivity contribution in [1.82, 2.24) is 20.3 Å². The highest BCUT2D eigenvalue weighted by Gasteiger charge is 2.06. The summed E-state index contributed by atoms with van der Waals surface area (Å²) in [4.78, 5) is 12.5. The molecule has 0 amide bonds. The van der Waals surface area contributed by atoms with Crippen molar-refractivity contribution >= 4 is 34.4 Å². The van der Waals surface area contributed by atoms with Gasteiger partial charge in [-0.3, -0.25) is 0 Å². The SMILES string of the molecule is Nc1nc(N)c2nc(CNCc3ccccc3Cl)ccc2n1. The second-order valence-corrected chi connectivity index (χ2v) is 5.24. The number of aromatic nitrogens is 3. The fraction of sp³-hybridized carbons (Fsp3) is 0.133. The molecule has 0 radical (unpaired) electrons. The highest BCUT2D eigenvalue weighted by molar-refractivity contribution is 6.31. The zero-order valence-electron chi connectivity index (χ0n) is 11.8. The third-order valence-electron chi connectivity index (χ3n) is 3.22. The molecule has 112 valence electrons. The Hall–Kier alpha value is -2.44. The molecule has 6 nitrogen and oxygen atoms in total. The molecule has 0 aliphatic rings. The normalized spacial score (nSPS) is 11.0. The summed E-state index contributed by atoms with van der Waals surface area (Å²) >= 11 is 6.12. The summed E-state index contributed by atoms with van der Waals surface area (Å²) in [6, 6.07) is 11.4. The second kappa shape index (κ2) is 6.13. The van der Waals surface area contributed by atoms with E-state index < -0.39 is 0 Å². The Morgan fingerprint density at radius 3 is 2.59 bits per heavy atom. The first kappa shape index (κ1) is 14.5. The molecule has 0 saturated heterocycles. The van der Waals surface area contributed by atoms with E-state index in [4.69, 9.17) is 23.1 Å². The smallest absolute Gasteiger partial charge is 0.222 e. The van der Waals surface area contributed by atoms with E-state index >= 15 is 0 Å². The van der Waals surface area contributed by atoms with Gasteiger partial charge in [0.05, 0.1) is 11.2 Å². The van der Waals surface area contributed by atoms with Crippen molar-refractivity contribution in [3.63, 3.8) is 0 Å². The van der Waals surface area contributed by atoms with E-state index in [2.05, 4.69) is 20.3 Å². The van der Waals surface area contributed by atoms with Gasteiger partial charge in [0.15, 0.2) is 5.82 Å². The Morgan fingerprint density at radius 1 is 0.955 bits per heavy atom. The van der Waals surface area contributed by atoms with Crippen molar-refractivity contribution in [2.45, 2.75) is 13.1 Å². The number of hydrogen-bond donors (Lipinski definition) is 3. The molecular formula is C15H15ClN6. The molecule has 0 aliphatic heterocycles. The molecule has 3 aromatic rings. The number of nitrogens with one attached hydrogen (secondary N) is 1. The van der Waals surface area contributed by atoms with Gasteiger partial charge in [0.2, 0.25) is 5.95 Å². The summed E-state index contributed by atoms with van der Waals surface area (Å²) < 4.78 is 0. The molecule has 22 heavy (non-hydrogen) atoms. The van der Waals surface area contributed by atoms with Crippen LogP contribution in [-0.2, 0) is 13.1 Å². The molecular weight excluding hydrogens is 300 g/mol. The summed E-state index contributed by atoms with van der Waals surface area (Å²) in [5.41, 5.74) is 14.5. The van der Waals surface area contributed by atoms with Gasteiger partial charge >= 0.3 is 0 Å². The molecule has 2 aromatic heterocycles. The van der Waals surface area contributed by atoms with Crippen LogP contribution < -0.4 is 16.8 Å². The lowest BCUT2D eigenvalue weighted by Crippen LogP contribution is -2.14. The van der Waals surface area contributed by atoms with Crippen LogP contribution in [0.15, 0.2) is 36.4 Å². The molecule has 0 atom stereocenters. The highest BCUT2D eigenvalue weighted by Crippen LogP contribution is 2.17. The average molecular weight is 315 g/mol. The van der Waals surface area contributed by atoms with E-state index in [0.29, 0.717) is 24.1 Å².